The molecule has 0 heterocycles. The number of hydrogen-bond acceptors (Lipinski definition) is 12. The van der Waals surface area contributed by atoms with Gasteiger partial charge in [-0.05, 0) is 0 Å². The third-order valence-electron chi connectivity index (χ3n) is 0. The van der Waals surface area contributed by atoms with Crippen LogP contribution in [0.2, 0.25) is 0 Å². The van der Waals surface area contributed by atoms with Crippen molar-refractivity contribution in [2.24, 2.45) is 0 Å². The molecule has 0 atom stereocenters. The molecule has 0 bridgehead atoms. The van der Waals surface area contributed by atoms with E-state index in [0.29, 0.717) is 0 Å². The molecule has 0 aromatic heterocycles. The monoisotopic (exact) mass is 450 g/mol. The molecular weight excluding hydrogens is 449 g/mol. The van der Waals surface area contributed by atoms with Gasteiger partial charge in [-0.2, -0.15) is 0 Å². The molecular formula is H3Al2Cl3O12S3. The van der Waals surface area contributed by atoms with Crippen LogP contribution in [0.15, 0.2) is 0 Å². The van der Waals surface area contributed by atoms with Gasteiger partial charge >= 0.3 is 34.7 Å². The van der Waals surface area contributed by atoms with E-state index in [1.807, 2.05) is 0 Å². The molecule has 0 aromatic carbocycles. The Balaban J connectivity index is -0.0000000160. The second kappa shape index (κ2) is 20.5. The summed E-state index contributed by atoms with van der Waals surface area (Å²) in [6.45, 7) is 0. The van der Waals surface area contributed by atoms with Crippen molar-refractivity contribution in [1.82, 2.24) is 0 Å². The van der Waals surface area contributed by atoms with E-state index in [4.69, 9.17) is 38.9 Å². The fourth-order valence-corrected chi connectivity index (χ4v) is 0. The van der Waals surface area contributed by atoms with E-state index in [-0.39, 0.29) is 51.2 Å². The van der Waals surface area contributed by atoms with Gasteiger partial charge in [0.15, 0.2) is 28.0 Å². The van der Waals surface area contributed by atoms with Gasteiger partial charge in [-0.1, -0.05) is 0 Å². The quantitative estimate of drug-likeness (QED) is 0.215. The second-order valence-corrected chi connectivity index (χ2v) is 6.94. The topological polar surface area (TPSA) is 262 Å². The van der Waals surface area contributed by atoms with E-state index in [9.17, 15) is 0 Å². The summed E-state index contributed by atoms with van der Waals surface area (Å²) in [5.41, 5.74) is 0. The molecule has 20 heavy (non-hydrogen) atoms. The normalized spacial score (nSPS) is 8.70. The van der Waals surface area contributed by atoms with E-state index >= 15 is 0 Å². The summed E-state index contributed by atoms with van der Waals surface area (Å²) in [5, 5.41) is 0. The van der Waals surface area contributed by atoms with Gasteiger partial charge in [-0.25, -0.2) is 25.3 Å². The van der Waals surface area contributed by atoms with Gasteiger partial charge in [-0.15, -0.1) is 0 Å². The van der Waals surface area contributed by atoms with Gasteiger partial charge in [-0.3, -0.25) is 0 Å². The van der Waals surface area contributed by atoms with Gasteiger partial charge in [0.25, 0.3) is 0 Å². The Bertz CT molecular complexity index is 353. The molecule has 0 aliphatic heterocycles. The minimum atomic E-state index is -4.44. The second-order valence-electron chi connectivity index (χ2n) is 1.18. The molecule has 0 spiro atoms. The summed E-state index contributed by atoms with van der Waals surface area (Å²) in [6, 6.07) is 0. The molecule has 0 rings (SSSR count). The van der Waals surface area contributed by atoms with Gasteiger partial charge < -0.3 is 30.1 Å². The summed E-state index contributed by atoms with van der Waals surface area (Å²) in [4.78, 5) is 0. The molecule has 120 valence electrons. The summed E-state index contributed by atoms with van der Waals surface area (Å²) in [5.74, 6) is 0. The van der Waals surface area contributed by atoms with Crippen LogP contribution < -0.4 is 0 Å². The molecule has 20 heteroatoms. The van der Waals surface area contributed by atoms with Crippen LogP contribution in [0.4, 0.5) is 0 Å². The first-order chi connectivity index (χ1) is 6.00. The van der Waals surface area contributed by atoms with Crippen LogP contribution in [0.1, 0.15) is 0 Å². The third kappa shape index (κ3) is 2820. The smallest absolute Gasteiger partial charge is 0.870 e. The van der Waals surface area contributed by atoms with Gasteiger partial charge in [0.1, 0.15) is 0 Å². The minimum absolute atomic E-state index is 0. The zero-order chi connectivity index (χ0) is 13.5. The van der Waals surface area contributed by atoms with Crippen molar-refractivity contribution in [2.75, 3.05) is 0 Å². The molecule has 0 aliphatic rings. The molecule has 0 unspecified atom stereocenters. The van der Waals surface area contributed by atoms with Crippen LogP contribution in [-0.4, -0.2) is 90.1 Å². The summed E-state index contributed by atoms with van der Waals surface area (Å²) in [6.07, 6.45) is 0. The number of rotatable bonds is 0. The number of hydrogen-bond donors (Lipinski definition) is 0. The van der Waals surface area contributed by atoms with Gasteiger partial charge in [0.2, 0.25) is 0 Å². The standard InChI is InChI=1S/2Al.3ClHO3S.3H2O/c;;3*1-5(2,3)4;;;/h;;3*(H,2,3,4);3*1H2/q2*+3;;;;;;/p-6. The molecule has 0 saturated carbocycles. The summed E-state index contributed by atoms with van der Waals surface area (Å²) < 4.78 is 79.6. The predicted octanol–water partition coefficient (Wildman–Crippen LogP) is -2.24. The first-order valence-electron chi connectivity index (χ1n) is 1.96. The van der Waals surface area contributed by atoms with Crippen molar-refractivity contribution >= 4 is 94.8 Å². The van der Waals surface area contributed by atoms with E-state index in [0.717, 1.165) is 0 Å². The number of halogens is 3. The average molecular weight is 452 g/mol. The van der Waals surface area contributed by atoms with E-state index in [1.54, 1.807) is 0 Å². The Morgan fingerprint density at radius 1 is 0.500 bits per heavy atom. The largest absolute Gasteiger partial charge is 3.00 e. The Labute approximate surface area is 149 Å². The van der Waals surface area contributed by atoms with Crippen molar-refractivity contribution in [3.05, 3.63) is 0 Å². The van der Waals surface area contributed by atoms with Crippen LogP contribution in [0.5, 0.6) is 0 Å². The maximum Gasteiger partial charge on any atom is 3.00 e. The Morgan fingerprint density at radius 3 is 0.500 bits per heavy atom. The molecule has 0 fully saturated rings. The Hall–Kier alpha value is 1.54. The van der Waals surface area contributed by atoms with Crippen molar-refractivity contribution in [2.45, 2.75) is 0 Å². The fraction of sp³-hybridized carbons (Fsp3) is 0. The Kier molecular flexibility index (Phi) is 50.9. The van der Waals surface area contributed by atoms with Crippen LogP contribution in [-0.2, 0) is 28.0 Å². The first kappa shape index (κ1) is 49.6. The molecule has 12 nitrogen and oxygen atoms in total. The van der Waals surface area contributed by atoms with Crippen molar-refractivity contribution in [3.8, 4) is 0 Å². The molecule has 3 N–H and O–H groups in total. The van der Waals surface area contributed by atoms with E-state index in [2.05, 4.69) is 32.0 Å². The van der Waals surface area contributed by atoms with Crippen LogP contribution in [0.3, 0.4) is 0 Å². The average Bonchev–Trinajstić information content (AvgIpc) is 1.41. The summed E-state index contributed by atoms with van der Waals surface area (Å²) in [7, 11) is -1.49. The molecule has 0 saturated heterocycles. The maximum absolute atomic E-state index is 8.84. The van der Waals surface area contributed by atoms with Crippen molar-refractivity contribution in [1.29, 1.82) is 0 Å². The maximum atomic E-state index is 8.84. The minimum Gasteiger partial charge on any atom is -0.870 e. The predicted molar refractivity (Wildman–Crippen MR) is 64.0 cm³/mol. The van der Waals surface area contributed by atoms with Crippen LogP contribution in [0, 0.1) is 0 Å². The molecule has 0 aliphatic carbocycles. The van der Waals surface area contributed by atoms with E-state index in [1.165, 1.54) is 0 Å². The van der Waals surface area contributed by atoms with Gasteiger partial charge in [0.05, 0.1) is 0 Å². The van der Waals surface area contributed by atoms with Crippen LogP contribution >= 0.6 is 32.0 Å². The summed E-state index contributed by atoms with van der Waals surface area (Å²) >= 11 is 0. The first-order valence-corrected chi connectivity index (χ1v) is 8.67. The van der Waals surface area contributed by atoms with Gasteiger partial charge in [0, 0.05) is 32.0 Å². The molecule has 0 aromatic rings. The van der Waals surface area contributed by atoms with E-state index < -0.39 is 28.0 Å². The Morgan fingerprint density at radius 2 is 0.500 bits per heavy atom. The zero-order valence-electron chi connectivity index (χ0n) is 8.53. The van der Waals surface area contributed by atoms with Crippen molar-refractivity contribution in [3.63, 3.8) is 0 Å². The molecule has 0 radical (unpaired) electrons. The zero-order valence-corrected chi connectivity index (χ0v) is 15.6. The SMILES string of the molecule is O=S(=O)([O-])Cl.O=S(=O)([O-])Cl.O=S(=O)([O-])Cl.[Al+3].[Al+3].[OH-].[OH-].[OH-]. The third-order valence-corrected chi connectivity index (χ3v) is 0. The molecule has 0 amide bonds. The fourth-order valence-electron chi connectivity index (χ4n) is 0. The van der Waals surface area contributed by atoms with Crippen LogP contribution in [0.25, 0.3) is 0 Å². The van der Waals surface area contributed by atoms with Crippen molar-refractivity contribution < 1.29 is 55.3 Å².